The van der Waals surface area contributed by atoms with E-state index in [2.05, 4.69) is 10.0 Å². The fraction of sp³-hybridized carbons (Fsp3) is 0.500. The molecule has 0 aliphatic carbocycles. The van der Waals surface area contributed by atoms with E-state index in [0.717, 1.165) is 19.0 Å². The third kappa shape index (κ3) is 5.76. The van der Waals surface area contributed by atoms with Gasteiger partial charge in [0, 0.05) is 18.7 Å². The Morgan fingerprint density at radius 1 is 1.32 bits per heavy atom. The maximum absolute atomic E-state index is 12.0. The van der Waals surface area contributed by atoms with Crippen LogP contribution in [-0.2, 0) is 10.0 Å². The maximum Gasteiger partial charge on any atom is 0.270 e. The molecule has 126 valence electrons. The number of nitrogens with zero attached hydrogens (tertiary/aromatic N) is 2. The Hall–Kier alpha value is -1.42. The topological polar surface area (TPSA) is 105 Å². The fourth-order valence-electron chi connectivity index (χ4n) is 1.72. The minimum Gasteiger partial charge on any atom is -0.384 e. The summed E-state index contributed by atoms with van der Waals surface area (Å²) in [5.74, 6) is 0. The van der Waals surface area contributed by atoms with Crippen LogP contribution in [0, 0.1) is 10.1 Å². The Bertz CT molecular complexity index is 607. The van der Waals surface area contributed by atoms with Crippen molar-refractivity contribution in [2.45, 2.75) is 11.3 Å². The van der Waals surface area contributed by atoms with Crippen molar-refractivity contribution in [3.8, 4) is 0 Å². The molecule has 0 aliphatic heterocycles. The maximum atomic E-state index is 12.0. The van der Waals surface area contributed by atoms with E-state index in [1.807, 2.05) is 19.0 Å². The van der Waals surface area contributed by atoms with Crippen molar-refractivity contribution in [2.75, 3.05) is 39.5 Å². The van der Waals surface area contributed by atoms with E-state index in [0.29, 0.717) is 12.2 Å². The Morgan fingerprint density at radius 3 is 2.45 bits per heavy atom. The zero-order valence-corrected chi connectivity index (χ0v) is 14.3. The monoisotopic (exact) mass is 352 g/mol. The molecule has 0 unspecified atom stereocenters. The number of hydrogen-bond donors (Lipinski definition) is 2. The van der Waals surface area contributed by atoms with E-state index in [-0.39, 0.29) is 23.0 Å². The van der Waals surface area contributed by atoms with Gasteiger partial charge in [0.1, 0.15) is 4.90 Å². The molecule has 0 saturated heterocycles. The Kier molecular flexibility index (Phi) is 8.31. The quantitative estimate of drug-likeness (QED) is 0.415. The van der Waals surface area contributed by atoms with Crippen LogP contribution in [0.1, 0.15) is 6.42 Å². The first-order valence-corrected chi connectivity index (χ1v) is 7.87. The number of hydrogen-bond acceptors (Lipinski definition) is 6. The van der Waals surface area contributed by atoms with Crippen LogP contribution < -0.4 is 10.0 Å². The summed E-state index contributed by atoms with van der Waals surface area (Å²) in [7, 11) is 1.40. The Balaban J connectivity index is 0.00000441. The first-order valence-electron chi connectivity index (χ1n) is 6.38. The molecule has 0 atom stereocenters. The molecule has 0 radical (unpaired) electrons. The van der Waals surface area contributed by atoms with Crippen LogP contribution >= 0.6 is 12.4 Å². The molecule has 10 heteroatoms. The molecule has 0 saturated carbocycles. The molecule has 0 aliphatic rings. The molecule has 2 N–H and O–H groups in total. The summed E-state index contributed by atoms with van der Waals surface area (Å²) in [6.07, 6.45) is 0.822. The van der Waals surface area contributed by atoms with Crippen molar-refractivity contribution in [2.24, 2.45) is 0 Å². The van der Waals surface area contributed by atoms with Gasteiger partial charge in [0.15, 0.2) is 0 Å². The molecular weight excluding hydrogens is 332 g/mol. The van der Waals surface area contributed by atoms with Crippen LogP contribution in [0.4, 0.5) is 11.4 Å². The number of nitro benzene ring substituents is 1. The number of benzene rings is 1. The molecule has 1 aromatic rings. The normalized spacial score (nSPS) is 11.1. The molecular formula is C12H21ClN4O4S. The second-order valence-electron chi connectivity index (χ2n) is 4.73. The smallest absolute Gasteiger partial charge is 0.270 e. The molecule has 0 spiro atoms. The van der Waals surface area contributed by atoms with E-state index >= 15 is 0 Å². The number of anilines is 1. The SMILES string of the molecule is CNS(=O)(=O)c1cc([N+](=O)[O-])ccc1NCCCN(C)C.Cl. The van der Waals surface area contributed by atoms with Crippen molar-refractivity contribution in [1.29, 1.82) is 0 Å². The van der Waals surface area contributed by atoms with Gasteiger partial charge >= 0.3 is 0 Å². The van der Waals surface area contributed by atoms with E-state index in [4.69, 9.17) is 0 Å². The fourth-order valence-corrected chi connectivity index (χ4v) is 2.65. The highest BCUT2D eigenvalue weighted by Crippen LogP contribution is 2.26. The van der Waals surface area contributed by atoms with Gasteiger partial charge in [0.25, 0.3) is 5.69 Å². The number of non-ortho nitro benzene ring substituents is 1. The van der Waals surface area contributed by atoms with Crippen molar-refractivity contribution >= 4 is 33.8 Å². The van der Waals surface area contributed by atoms with Gasteiger partial charge < -0.3 is 10.2 Å². The van der Waals surface area contributed by atoms with Crippen LogP contribution in [0.3, 0.4) is 0 Å². The highest BCUT2D eigenvalue weighted by Gasteiger charge is 2.20. The number of sulfonamides is 1. The summed E-state index contributed by atoms with van der Waals surface area (Å²) in [6, 6.07) is 3.75. The van der Waals surface area contributed by atoms with Gasteiger partial charge in [0.05, 0.1) is 10.6 Å². The number of rotatable bonds is 8. The van der Waals surface area contributed by atoms with E-state index in [1.165, 1.54) is 19.2 Å². The van der Waals surface area contributed by atoms with Gasteiger partial charge in [-0.3, -0.25) is 10.1 Å². The predicted octanol–water partition coefficient (Wildman–Crippen LogP) is 1.29. The molecule has 1 aromatic carbocycles. The largest absolute Gasteiger partial charge is 0.384 e. The molecule has 22 heavy (non-hydrogen) atoms. The number of nitrogens with one attached hydrogen (secondary N) is 2. The van der Waals surface area contributed by atoms with Crippen molar-refractivity contribution in [3.05, 3.63) is 28.3 Å². The Labute approximate surface area is 136 Å². The summed E-state index contributed by atoms with van der Waals surface area (Å²) in [6.45, 7) is 1.43. The minimum atomic E-state index is -3.77. The van der Waals surface area contributed by atoms with Crippen LogP contribution in [0.5, 0.6) is 0 Å². The highest BCUT2D eigenvalue weighted by molar-refractivity contribution is 7.89. The summed E-state index contributed by atoms with van der Waals surface area (Å²) in [4.78, 5) is 12.1. The van der Waals surface area contributed by atoms with E-state index in [1.54, 1.807) is 0 Å². The van der Waals surface area contributed by atoms with Gasteiger partial charge in [-0.2, -0.15) is 0 Å². The second-order valence-corrected chi connectivity index (χ2v) is 6.58. The van der Waals surface area contributed by atoms with Gasteiger partial charge in [-0.05, 0) is 40.2 Å². The van der Waals surface area contributed by atoms with E-state index in [9.17, 15) is 18.5 Å². The molecule has 0 amide bonds. The van der Waals surface area contributed by atoms with E-state index < -0.39 is 14.9 Å². The number of halogens is 1. The van der Waals surface area contributed by atoms with Crippen LogP contribution in [0.2, 0.25) is 0 Å². The lowest BCUT2D eigenvalue weighted by Crippen LogP contribution is -2.21. The average Bonchev–Trinajstić information content (AvgIpc) is 2.43. The Morgan fingerprint density at radius 2 is 1.95 bits per heavy atom. The average molecular weight is 353 g/mol. The summed E-state index contributed by atoms with van der Waals surface area (Å²) < 4.78 is 26.1. The van der Waals surface area contributed by atoms with Gasteiger partial charge in [0.2, 0.25) is 10.0 Å². The molecule has 0 heterocycles. The highest BCUT2D eigenvalue weighted by atomic mass is 35.5. The molecule has 8 nitrogen and oxygen atoms in total. The summed E-state index contributed by atoms with van der Waals surface area (Å²) in [5.41, 5.74) is 0.0939. The molecule has 0 fully saturated rings. The number of nitro groups is 1. The van der Waals surface area contributed by atoms with Crippen LogP contribution in [0.15, 0.2) is 23.1 Å². The van der Waals surface area contributed by atoms with Gasteiger partial charge in [-0.25, -0.2) is 13.1 Å². The third-order valence-corrected chi connectivity index (χ3v) is 4.29. The molecule has 0 bridgehead atoms. The summed E-state index contributed by atoms with van der Waals surface area (Å²) >= 11 is 0. The molecule has 1 rings (SSSR count). The standard InChI is InChI=1S/C12H20N4O4S.ClH/c1-13-21(19,20)12-9-10(16(17)18)5-6-11(12)14-7-4-8-15(2)3;/h5-6,9,13-14H,4,7-8H2,1-3H3;1H. The lowest BCUT2D eigenvalue weighted by Gasteiger charge is -2.13. The zero-order valence-electron chi connectivity index (χ0n) is 12.7. The van der Waals surface area contributed by atoms with Gasteiger partial charge in [-0.1, -0.05) is 0 Å². The predicted molar refractivity (Wildman–Crippen MR) is 88.3 cm³/mol. The first-order chi connectivity index (χ1) is 9.77. The molecule has 0 aromatic heterocycles. The second kappa shape index (κ2) is 8.89. The minimum absolute atomic E-state index is 0. The third-order valence-electron chi connectivity index (χ3n) is 2.83. The lowest BCUT2D eigenvalue weighted by molar-refractivity contribution is -0.385. The van der Waals surface area contributed by atoms with Crippen LogP contribution in [-0.4, -0.2) is 52.5 Å². The lowest BCUT2D eigenvalue weighted by atomic mass is 10.2. The van der Waals surface area contributed by atoms with Crippen molar-refractivity contribution in [3.63, 3.8) is 0 Å². The van der Waals surface area contributed by atoms with Crippen molar-refractivity contribution < 1.29 is 13.3 Å². The van der Waals surface area contributed by atoms with Gasteiger partial charge in [-0.15, -0.1) is 12.4 Å². The zero-order chi connectivity index (χ0) is 16.0. The van der Waals surface area contributed by atoms with Crippen molar-refractivity contribution in [1.82, 2.24) is 9.62 Å². The summed E-state index contributed by atoms with van der Waals surface area (Å²) in [5, 5.41) is 13.8. The van der Waals surface area contributed by atoms with Crippen LogP contribution in [0.25, 0.3) is 0 Å². The first kappa shape index (κ1) is 20.6.